The van der Waals surface area contributed by atoms with E-state index in [4.69, 9.17) is 4.42 Å². The summed E-state index contributed by atoms with van der Waals surface area (Å²) in [6, 6.07) is 0.361. The normalized spacial score (nSPS) is 22.9. The lowest BCUT2D eigenvalue weighted by Gasteiger charge is -2.47. The maximum Gasteiger partial charge on any atom is 0.291 e. The Morgan fingerprint density at radius 1 is 1.25 bits per heavy atom. The quantitative estimate of drug-likeness (QED) is 0.893. The van der Waals surface area contributed by atoms with Crippen LogP contribution < -0.4 is 0 Å². The number of aliphatic hydroxyl groups is 1. The molecule has 1 fully saturated rings. The van der Waals surface area contributed by atoms with Gasteiger partial charge in [0.2, 0.25) is 5.76 Å². The highest BCUT2D eigenvalue weighted by Gasteiger charge is 2.38. The van der Waals surface area contributed by atoms with Gasteiger partial charge in [-0.15, -0.1) is 0 Å². The van der Waals surface area contributed by atoms with Gasteiger partial charge in [0.05, 0.1) is 11.3 Å². The van der Waals surface area contributed by atoms with Crippen molar-refractivity contribution in [3.05, 3.63) is 17.3 Å². The molecule has 24 heavy (non-hydrogen) atoms. The molecule has 2 heterocycles. The molecule has 2 atom stereocenters. The van der Waals surface area contributed by atoms with Gasteiger partial charge in [0.25, 0.3) is 5.91 Å². The van der Waals surface area contributed by atoms with Crippen LogP contribution >= 0.6 is 0 Å². The zero-order valence-corrected chi connectivity index (χ0v) is 15.8. The number of rotatable bonds is 5. The molecule has 1 aromatic rings. The van der Waals surface area contributed by atoms with Crippen LogP contribution in [0, 0.1) is 13.8 Å². The summed E-state index contributed by atoms with van der Waals surface area (Å²) in [4.78, 5) is 21.5. The van der Waals surface area contributed by atoms with Crippen molar-refractivity contribution in [2.75, 3.05) is 19.6 Å². The van der Waals surface area contributed by atoms with Gasteiger partial charge in [-0.1, -0.05) is 13.8 Å². The fourth-order valence-electron chi connectivity index (χ4n) is 3.55. The Balaban J connectivity index is 2.22. The van der Waals surface area contributed by atoms with E-state index in [1.807, 2.05) is 25.7 Å². The van der Waals surface area contributed by atoms with Gasteiger partial charge in [0.1, 0.15) is 0 Å². The fourth-order valence-corrected chi connectivity index (χ4v) is 3.55. The van der Waals surface area contributed by atoms with Crippen LogP contribution in [0.4, 0.5) is 0 Å². The Hall–Kier alpha value is -1.40. The minimum Gasteiger partial charge on any atom is -0.436 e. The zero-order chi connectivity index (χ0) is 18.1. The number of hydrogen-bond donors (Lipinski definition) is 1. The predicted octanol–water partition coefficient (Wildman–Crippen LogP) is 2.38. The Morgan fingerprint density at radius 2 is 1.88 bits per heavy atom. The SMILES string of the molecule is CC[C@@H]1CN(C(=O)c2oc(C)nc2C)[C@@H](CC)CN1CC(C)(C)O. The monoisotopic (exact) mass is 337 g/mol. The van der Waals surface area contributed by atoms with E-state index in [-0.39, 0.29) is 18.0 Å². The van der Waals surface area contributed by atoms with E-state index in [9.17, 15) is 9.90 Å². The van der Waals surface area contributed by atoms with Crippen LogP contribution in [0.1, 0.15) is 62.7 Å². The van der Waals surface area contributed by atoms with Crippen LogP contribution in [0.5, 0.6) is 0 Å². The second-order valence-electron chi connectivity index (χ2n) is 7.47. The number of β-amino-alcohol motifs (C(OH)–C–C–N with tert-alkyl or cyclic N) is 1. The smallest absolute Gasteiger partial charge is 0.291 e. The Morgan fingerprint density at radius 3 is 2.33 bits per heavy atom. The van der Waals surface area contributed by atoms with E-state index in [2.05, 4.69) is 23.7 Å². The maximum atomic E-state index is 13.0. The minimum atomic E-state index is -0.740. The van der Waals surface area contributed by atoms with Crippen molar-refractivity contribution in [1.82, 2.24) is 14.8 Å². The molecule has 6 heteroatoms. The molecule has 1 aliphatic heterocycles. The molecular weight excluding hydrogens is 306 g/mol. The zero-order valence-electron chi connectivity index (χ0n) is 15.8. The van der Waals surface area contributed by atoms with E-state index >= 15 is 0 Å². The molecule has 0 aromatic carbocycles. The maximum absolute atomic E-state index is 13.0. The lowest BCUT2D eigenvalue weighted by molar-refractivity contribution is -0.0245. The number of amides is 1. The number of oxazole rings is 1. The van der Waals surface area contributed by atoms with Crippen LogP contribution in [0.2, 0.25) is 0 Å². The highest BCUT2D eigenvalue weighted by molar-refractivity contribution is 5.92. The molecule has 136 valence electrons. The summed E-state index contributed by atoms with van der Waals surface area (Å²) in [6.45, 7) is 13.5. The summed E-state index contributed by atoms with van der Waals surface area (Å²) in [6.07, 6.45) is 1.81. The standard InChI is InChI=1S/C18H31N3O3/c1-7-14-10-21(17(22)16-12(3)19-13(4)24-16)15(8-2)9-20(14)11-18(5,6)23/h14-15,23H,7-11H2,1-6H3/t14-,15+/m1/s1. The minimum absolute atomic E-state index is 0.0682. The fraction of sp³-hybridized carbons (Fsp3) is 0.778. The molecule has 0 spiro atoms. The van der Waals surface area contributed by atoms with Crippen molar-refractivity contribution in [1.29, 1.82) is 0 Å². The van der Waals surface area contributed by atoms with Crippen molar-refractivity contribution in [2.24, 2.45) is 0 Å². The molecule has 1 aliphatic rings. The van der Waals surface area contributed by atoms with Gasteiger partial charge in [-0.2, -0.15) is 0 Å². The predicted molar refractivity (Wildman–Crippen MR) is 93.0 cm³/mol. The summed E-state index contributed by atoms with van der Waals surface area (Å²) in [7, 11) is 0. The Bertz CT molecular complexity index is 577. The molecule has 6 nitrogen and oxygen atoms in total. The molecule has 1 saturated heterocycles. The third kappa shape index (κ3) is 4.16. The number of hydrogen-bond acceptors (Lipinski definition) is 5. The average molecular weight is 337 g/mol. The third-order valence-electron chi connectivity index (χ3n) is 4.70. The largest absolute Gasteiger partial charge is 0.436 e. The number of piperazine rings is 1. The second-order valence-corrected chi connectivity index (χ2v) is 7.47. The number of nitrogens with zero attached hydrogens (tertiary/aromatic N) is 3. The van der Waals surface area contributed by atoms with Crippen LogP contribution in [0.3, 0.4) is 0 Å². The first kappa shape index (κ1) is 18.9. The number of aromatic nitrogens is 1. The second kappa shape index (κ2) is 7.23. The number of aryl methyl sites for hydroxylation is 2. The molecular formula is C18H31N3O3. The molecule has 0 saturated carbocycles. The van der Waals surface area contributed by atoms with Gasteiger partial charge < -0.3 is 14.4 Å². The summed E-state index contributed by atoms with van der Waals surface area (Å²) in [5, 5.41) is 10.2. The molecule has 1 amide bonds. The molecule has 0 radical (unpaired) electrons. The first-order chi connectivity index (χ1) is 11.2. The van der Waals surface area contributed by atoms with Crippen LogP contribution in [0.25, 0.3) is 0 Å². The van der Waals surface area contributed by atoms with Crippen molar-refractivity contribution >= 4 is 5.91 Å². The number of carbonyl (C=O) groups is 1. The summed E-state index contributed by atoms with van der Waals surface area (Å²) in [5.74, 6) is 0.814. The molecule has 0 unspecified atom stereocenters. The van der Waals surface area contributed by atoms with Gasteiger partial charge in [0.15, 0.2) is 5.89 Å². The molecule has 1 N–H and O–H groups in total. The van der Waals surface area contributed by atoms with Crippen molar-refractivity contribution < 1.29 is 14.3 Å². The van der Waals surface area contributed by atoms with Gasteiger partial charge in [-0.3, -0.25) is 9.69 Å². The first-order valence-corrected chi connectivity index (χ1v) is 8.87. The molecule has 1 aromatic heterocycles. The summed E-state index contributed by atoms with van der Waals surface area (Å²) >= 11 is 0. The Labute approximate surface area is 144 Å². The topological polar surface area (TPSA) is 69.8 Å². The molecule has 2 rings (SSSR count). The average Bonchev–Trinajstić information content (AvgIpc) is 2.83. The van der Waals surface area contributed by atoms with E-state index in [1.165, 1.54) is 0 Å². The van der Waals surface area contributed by atoms with Crippen LogP contribution in [0.15, 0.2) is 4.42 Å². The van der Waals surface area contributed by atoms with Gasteiger partial charge >= 0.3 is 0 Å². The van der Waals surface area contributed by atoms with E-state index < -0.39 is 5.60 Å². The van der Waals surface area contributed by atoms with Gasteiger partial charge in [0, 0.05) is 38.6 Å². The highest BCUT2D eigenvalue weighted by Crippen LogP contribution is 2.24. The van der Waals surface area contributed by atoms with Crippen LogP contribution in [-0.2, 0) is 0 Å². The van der Waals surface area contributed by atoms with Crippen molar-refractivity contribution in [3.8, 4) is 0 Å². The van der Waals surface area contributed by atoms with E-state index in [0.29, 0.717) is 30.4 Å². The van der Waals surface area contributed by atoms with E-state index in [0.717, 1.165) is 19.4 Å². The third-order valence-corrected chi connectivity index (χ3v) is 4.70. The highest BCUT2D eigenvalue weighted by atomic mass is 16.4. The van der Waals surface area contributed by atoms with Gasteiger partial charge in [-0.25, -0.2) is 4.98 Å². The summed E-state index contributed by atoms with van der Waals surface area (Å²) < 4.78 is 5.54. The van der Waals surface area contributed by atoms with Crippen LogP contribution in [-0.4, -0.2) is 63.1 Å². The lowest BCUT2D eigenvalue weighted by atomic mass is 9.99. The van der Waals surface area contributed by atoms with Crippen molar-refractivity contribution in [3.63, 3.8) is 0 Å². The van der Waals surface area contributed by atoms with E-state index in [1.54, 1.807) is 6.92 Å². The van der Waals surface area contributed by atoms with Crippen molar-refractivity contribution in [2.45, 2.75) is 72.1 Å². The molecule has 0 bridgehead atoms. The molecule has 0 aliphatic carbocycles. The first-order valence-electron chi connectivity index (χ1n) is 8.87. The van der Waals surface area contributed by atoms with Gasteiger partial charge in [-0.05, 0) is 33.6 Å². The number of carbonyl (C=O) groups excluding carboxylic acids is 1. The lowest BCUT2D eigenvalue weighted by Crippen LogP contribution is -2.61. The Kier molecular flexibility index (Phi) is 5.71. The summed E-state index contributed by atoms with van der Waals surface area (Å²) in [5.41, 5.74) is -0.0874.